The van der Waals surface area contributed by atoms with Gasteiger partial charge in [-0.1, -0.05) is 18.7 Å². The number of halogens is 1. The minimum atomic E-state index is -0.344. The average molecular weight is 179 g/mol. The summed E-state index contributed by atoms with van der Waals surface area (Å²) >= 11 is 0. The molecule has 1 aromatic rings. The van der Waals surface area contributed by atoms with Crippen LogP contribution < -0.4 is 5.32 Å². The van der Waals surface area contributed by atoms with E-state index in [1.807, 2.05) is 0 Å². The van der Waals surface area contributed by atoms with E-state index >= 15 is 0 Å². The molecule has 2 nitrogen and oxygen atoms in total. The Morgan fingerprint density at radius 3 is 2.77 bits per heavy atom. The normalized spacial score (nSPS) is 9.38. The van der Waals surface area contributed by atoms with Crippen molar-refractivity contribution in [1.29, 1.82) is 0 Å². The van der Waals surface area contributed by atoms with E-state index in [2.05, 4.69) is 11.9 Å². The molecule has 0 aromatic heterocycles. The topological polar surface area (TPSA) is 29.1 Å². The molecule has 68 valence electrons. The number of rotatable bonds is 2. The summed E-state index contributed by atoms with van der Waals surface area (Å²) in [7, 11) is 0. The molecule has 0 saturated heterocycles. The first-order valence-electron chi connectivity index (χ1n) is 3.82. The van der Waals surface area contributed by atoms with Gasteiger partial charge >= 0.3 is 0 Å². The number of carbonyl (C=O) groups is 1. The summed E-state index contributed by atoms with van der Waals surface area (Å²) in [5, 5.41) is 2.49. The molecule has 0 aliphatic heterocycles. The van der Waals surface area contributed by atoms with E-state index in [1.54, 1.807) is 12.1 Å². The van der Waals surface area contributed by atoms with Crippen molar-refractivity contribution in [3.63, 3.8) is 0 Å². The molecular formula is C10H10FNO. The molecule has 3 heteroatoms. The minimum Gasteiger partial charge on any atom is -0.326 e. The Kier molecular flexibility index (Phi) is 2.80. The van der Waals surface area contributed by atoms with Gasteiger partial charge in [-0.3, -0.25) is 4.79 Å². The summed E-state index contributed by atoms with van der Waals surface area (Å²) in [5.41, 5.74) is 0.988. The van der Waals surface area contributed by atoms with E-state index in [0.29, 0.717) is 11.3 Å². The van der Waals surface area contributed by atoms with Gasteiger partial charge in [0.05, 0.1) is 0 Å². The highest BCUT2D eigenvalue weighted by atomic mass is 19.1. The maximum absolute atomic E-state index is 12.7. The number of amides is 1. The maximum atomic E-state index is 12.7. The molecule has 0 heterocycles. The highest BCUT2D eigenvalue weighted by molar-refractivity contribution is 5.84. The maximum Gasteiger partial charge on any atom is 0.221 e. The summed E-state index contributed by atoms with van der Waals surface area (Å²) in [6.07, 6.45) is 0. The second-order valence-electron chi connectivity index (χ2n) is 2.67. The Morgan fingerprint density at radius 2 is 2.23 bits per heavy atom. The van der Waals surface area contributed by atoms with Crippen molar-refractivity contribution in [3.05, 3.63) is 42.2 Å². The fraction of sp³-hybridized carbons (Fsp3) is 0.100. The van der Waals surface area contributed by atoms with Gasteiger partial charge in [0.1, 0.15) is 5.82 Å². The summed E-state index contributed by atoms with van der Waals surface area (Å²) in [5.74, 6) is -0.557. The van der Waals surface area contributed by atoms with Crippen molar-refractivity contribution in [2.24, 2.45) is 0 Å². The SMILES string of the molecule is C=C(NC(C)=O)c1cccc(F)c1. The quantitative estimate of drug-likeness (QED) is 0.738. The molecule has 0 aliphatic carbocycles. The van der Waals surface area contributed by atoms with Crippen LogP contribution in [0, 0.1) is 5.82 Å². The van der Waals surface area contributed by atoms with E-state index in [0.717, 1.165) is 0 Å². The first kappa shape index (κ1) is 9.45. The third-order valence-electron chi connectivity index (χ3n) is 1.50. The molecule has 0 aliphatic rings. The van der Waals surface area contributed by atoms with Crippen molar-refractivity contribution < 1.29 is 9.18 Å². The van der Waals surface area contributed by atoms with Crippen LogP contribution in [0.15, 0.2) is 30.8 Å². The Labute approximate surface area is 76.1 Å². The number of benzene rings is 1. The predicted octanol–water partition coefficient (Wildman–Crippen LogP) is 1.93. The fourth-order valence-corrected chi connectivity index (χ4v) is 0.961. The lowest BCUT2D eigenvalue weighted by Crippen LogP contribution is -2.17. The van der Waals surface area contributed by atoms with E-state index in [1.165, 1.54) is 19.1 Å². The van der Waals surface area contributed by atoms with Crippen LogP contribution in [-0.4, -0.2) is 5.91 Å². The second-order valence-corrected chi connectivity index (χ2v) is 2.67. The molecule has 0 radical (unpaired) electrons. The molecule has 1 amide bonds. The highest BCUT2D eigenvalue weighted by Gasteiger charge is 2.00. The number of hydrogen-bond donors (Lipinski definition) is 1. The van der Waals surface area contributed by atoms with Gasteiger partial charge in [-0.05, 0) is 12.1 Å². The zero-order valence-electron chi connectivity index (χ0n) is 7.30. The highest BCUT2D eigenvalue weighted by Crippen LogP contribution is 2.10. The zero-order chi connectivity index (χ0) is 9.84. The van der Waals surface area contributed by atoms with Crippen molar-refractivity contribution >= 4 is 11.6 Å². The fourth-order valence-electron chi connectivity index (χ4n) is 0.961. The van der Waals surface area contributed by atoms with Gasteiger partial charge in [0, 0.05) is 18.2 Å². The van der Waals surface area contributed by atoms with Crippen LogP contribution in [0.4, 0.5) is 4.39 Å². The van der Waals surface area contributed by atoms with Crippen molar-refractivity contribution in [2.75, 3.05) is 0 Å². The third-order valence-corrected chi connectivity index (χ3v) is 1.50. The zero-order valence-corrected chi connectivity index (χ0v) is 7.30. The summed E-state index contributed by atoms with van der Waals surface area (Å²) < 4.78 is 12.7. The lowest BCUT2D eigenvalue weighted by Gasteiger charge is -2.05. The number of carbonyl (C=O) groups excluding carboxylic acids is 1. The van der Waals surface area contributed by atoms with Crippen LogP contribution in [0.25, 0.3) is 5.70 Å². The Balaban J connectivity index is 2.83. The van der Waals surface area contributed by atoms with Crippen molar-refractivity contribution in [3.8, 4) is 0 Å². The summed E-state index contributed by atoms with van der Waals surface area (Å²) in [6.45, 7) is 4.99. The Bertz CT molecular complexity index is 347. The van der Waals surface area contributed by atoms with Crippen molar-refractivity contribution in [2.45, 2.75) is 6.92 Å². The van der Waals surface area contributed by atoms with E-state index < -0.39 is 0 Å². The smallest absolute Gasteiger partial charge is 0.221 e. The van der Waals surface area contributed by atoms with Crippen LogP contribution in [0.5, 0.6) is 0 Å². The Morgan fingerprint density at radius 1 is 1.54 bits per heavy atom. The largest absolute Gasteiger partial charge is 0.326 e. The average Bonchev–Trinajstić information content (AvgIpc) is 2.03. The first-order chi connectivity index (χ1) is 6.09. The molecule has 0 bridgehead atoms. The van der Waals surface area contributed by atoms with Gasteiger partial charge in [0.15, 0.2) is 0 Å². The number of nitrogens with one attached hydrogen (secondary N) is 1. The van der Waals surface area contributed by atoms with Gasteiger partial charge in [0.25, 0.3) is 0 Å². The van der Waals surface area contributed by atoms with E-state index in [-0.39, 0.29) is 11.7 Å². The molecule has 13 heavy (non-hydrogen) atoms. The van der Waals surface area contributed by atoms with Gasteiger partial charge in [0.2, 0.25) is 5.91 Å². The molecule has 0 fully saturated rings. The summed E-state index contributed by atoms with van der Waals surface area (Å²) in [6, 6.07) is 5.90. The number of hydrogen-bond acceptors (Lipinski definition) is 1. The van der Waals surface area contributed by atoms with Crippen LogP contribution in [0.3, 0.4) is 0 Å². The van der Waals surface area contributed by atoms with Crippen LogP contribution in [-0.2, 0) is 4.79 Å². The molecular weight excluding hydrogens is 169 g/mol. The molecule has 0 saturated carbocycles. The standard InChI is InChI=1S/C10H10FNO/c1-7(12-8(2)13)9-4-3-5-10(11)6-9/h3-6H,1H2,2H3,(H,12,13). The first-order valence-corrected chi connectivity index (χ1v) is 3.82. The predicted molar refractivity (Wildman–Crippen MR) is 49.3 cm³/mol. The summed E-state index contributed by atoms with van der Waals surface area (Å²) in [4.78, 5) is 10.6. The molecule has 1 aromatic carbocycles. The van der Waals surface area contributed by atoms with Crippen LogP contribution >= 0.6 is 0 Å². The lowest BCUT2D eigenvalue weighted by atomic mass is 10.2. The van der Waals surface area contributed by atoms with Gasteiger partial charge in [-0.2, -0.15) is 0 Å². The van der Waals surface area contributed by atoms with Gasteiger partial charge in [-0.25, -0.2) is 4.39 Å². The van der Waals surface area contributed by atoms with E-state index in [4.69, 9.17) is 0 Å². The van der Waals surface area contributed by atoms with Crippen molar-refractivity contribution in [1.82, 2.24) is 5.32 Å². The monoisotopic (exact) mass is 179 g/mol. The minimum absolute atomic E-state index is 0.214. The molecule has 0 unspecified atom stereocenters. The van der Waals surface area contributed by atoms with Crippen LogP contribution in [0.2, 0.25) is 0 Å². The van der Waals surface area contributed by atoms with Gasteiger partial charge in [-0.15, -0.1) is 0 Å². The second kappa shape index (κ2) is 3.85. The molecule has 0 atom stereocenters. The van der Waals surface area contributed by atoms with Gasteiger partial charge < -0.3 is 5.32 Å². The van der Waals surface area contributed by atoms with E-state index in [9.17, 15) is 9.18 Å². The lowest BCUT2D eigenvalue weighted by molar-refractivity contribution is -0.117. The molecule has 1 rings (SSSR count). The van der Waals surface area contributed by atoms with Crippen LogP contribution in [0.1, 0.15) is 12.5 Å². The Hall–Kier alpha value is -1.64. The third kappa shape index (κ3) is 2.71. The molecule has 0 spiro atoms. The molecule has 1 N–H and O–H groups in total.